The molecular weight excluding hydrogens is 605 g/mol. The molecule has 1 aliphatic rings. The Bertz CT molecular complexity index is 2720. The largest absolute Gasteiger partial charge is 0.456 e. The van der Waals surface area contributed by atoms with Crippen LogP contribution in [-0.4, -0.2) is 0 Å². The number of rotatable bonds is 2. The van der Waals surface area contributed by atoms with Crippen LogP contribution in [0.15, 0.2) is 89.3 Å². The van der Waals surface area contributed by atoms with Gasteiger partial charge >= 0.3 is 0 Å². The van der Waals surface area contributed by atoms with Crippen molar-refractivity contribution in [1.82, 2.24) is 0 Å². The van der Waals surface area contributed by atoms with Gasteiger partial charge in [0.15, 0.2) is 0 Å². The van der Waals surface area contributed by atoms with Crippen LogP contribution in [0.3, 0.4) is 0 Å². The van der Waals surface area contributed by atoms with E-state index in [0.29, 0.717) is 0 Å². The molecule has 50 heavy (non-hydrogen) atoms. The molecule has 0 spiro atoms. The standard InChI is InChI=1S/C49H44O/c1-25-27(3)31(7)44-42(29(25)5)46(33-22-23-39-37(24-33)34-16-11-13-19-38(34)49(39,9)10)43-30(6)26(2)28(4)32(8)45(43)48(44)36-18-15-21-41-47(36)35-17-12-14-20-40(35)50-41/h11-24H,1-10H3. The average Bonchev–Trinajstić information content (AvgIpc) is 3.62. The van der Waals surface area contributed by atoms with Gasteiger partial charge in [0.2, 0.25) is 0 Å². The van der Waals surface area contributed by atoms with Gasteiger partial charge in [0.25, 0.3) is 0 Å². The van der Waals surface area contributed by atoms with Gasteiger partial charge in [-0.15, -0.1) is 0 Å². The van der Waals surface area contributed by atoms with Crippen LogP contribution in [-0.2, 0) is 5.41 Å². The Morgan fingerprint density at radius 1 is 0.400 bits per heavy atom. The number of fused-ring (bicyclic) bond motifs is 8. The van der Waals surface area contributed by atoms with Crippen LogP contribution in [0.5, 0.6) is 0 Å². The highest BCUT2D eigenvalue weighted by molar-refractivity contribution is 6.28. The van der Waals surface area contributed by atoms with Crippen LogP contribution in [0.1, 0.15) is 69.5 Å². The number of hydrogen-bond acceptors (Lipinski definition) is 1. The summed E-state index contributed by atoms with van der Waals surface area (Å²) in [6.07, 6.45) is 0. The summed E-state index contributed by atoms with van der Waals surface area (Å²) in [6.45, 7) is 23.4. The van der Waals surface area contributed by atoms with E-state index in [9.17, 15) is 0 Å². The van der Waals surface area contributed by atoms with Crippen molar-refractivity contribution in [3.63, 3.8) is 0 Å². The quantitative estimate of drug-likeness (QED) is 0.170. The molecule has 1 aromatic heterocycles. The van der Waals surface area contributed by atoms with Gasteiger partial charge in [-0.25, -0.2) is 0 Å². The lowest BCUT2D eigenvalue weighted by molar-refractivity contribution is 0.660. The van der Waals surface area contributed by atoms with Gasteiger partial charge in [-0.2, -0.15) is 0 Å². The molecule has 1 nitrogen and oxygen atoms in total. The predicted octanol–water partition coefficient (Wildman–Crippen LogP) is 14.0. The normalized spacial score (nSPS) is 13.6. The van der Waals surface area contributed by atoms with E-state index in [-0.39, 0.29) is 5.41 Å². The van der Waals surface area contributed by atoms with Crippen molar-refractivity contribution in [3.05, 3.63) is 141 Å². The molecule has 9 rings (SSSR count). The second-order valence-corrected chi connectivity index (χ2v) is 15.5. The van der Waals surface area contributed by atoms with E-state index < -0.39 is 0 Å². The third-order valence-corrected chi connectivity index (χ3v) is 12.9. The summed E-state index contributed by atoms with van der Waals surface area (Å²) in [5, 5.41) is 7.82. The monoisotopic (exact) mass is 648 g/mol. The summed E-state index contributed by atoms with van der Waals surface area (Å²) >= 11 is 0. The fourth-order valence-electron chi connectivity index (χ4n) is 9.54. The number of benzene rings is 7. The molecule has 246 valence electrons. The molecule has 0 bridgehead atoms. The first-order valence-corrected chi connectivity index (χ1v) is 18.0. The topological polar surface area (TPSA) is 13.1 Å². The van der Waals surface area contributed by atoms with Crippen molar-refractivity contribution in [2.75, 3.05) is 0 Å². The molecule has 8 aromatic rings. The molecule has 0 N–H and O–H groups in total. The van der Waals surface area contributed by atoms with Crippen molar-refractivity contribution < 1.29 is 4.42 Å². The minimum atomic E-state index is -0.0368. The average molecular weight is 649 g/mol. The Hall–Kier alpha value is -5.14. The van der Waals surface area contributed by atoms with Gasteiger partial charge in [-0.1, -0.05) is 80.6 Å². The predicted molar refractivity (Wildman–Crippen MR) is 215 cm³/mol. The van der Waals surface area contributed by atoms with Crippen molar-refractivity contribution in [3.8, 4) is 33.4 Å². The fourth-order valence-corrected chi connectivity index (χ4v) is 9.54. The third-order valence-electron chi connectivity index (χ3n) is 12.9. The maximum Gasteiger partial charge on any atom is 0.136 e. The van der Waals surface area contributed by atoms with E-state index in [1.165, 1.54) is 121 Å². The Morgan fingerprint density at radius 3 is 1.54 bits per heavy atom. The van der Waals surface area contributed by atoms with Crippen LogP contribution >= 0.6 is 0 Å². The van der Waals surface area contributed by atoms with Crippen LogP contribution < -0.4 is 0 Å². The van der Waals surface area contributed by atoms with Crippen LogP contribution in [0, 0.1) is 55.4 Å². The SMILES string of the molecule is Cc1c(C)c(C)c2c(-c3cccc4oc5ccccc5c34)c3c(C)c(C)c(C)c(C)c3c(-c3ccc4c(c3)-c3ccccc3C4(C)C)c2c1C. The summed E-state index contributed by atoms with van der Waals surface area (Å²) in [4.78, 5) is 0. The zero-order valence-electron chi connectivity index (χ0n) is 31.0. The van der Waals surface area contributed by atoms with Gasteiger partial charge in [0, 0.05) is 16.2 Å². The lowest BCUT2D eigenvalue weighted by atomic mass is 9.76. The van der Waals surface area contributed by atoms with Crippen molar-refractivity contribution in [2.24, 2.45) is 0 Å². The first-order chi connectivity index (χ1) is 23.9. The number of furan rings is 1. The molecule has 0 atom stereocenters. The number of aryl methyl sites for hydroxylation is 4. The maximum atomic E-state index is 6.51. The second-order valence-electron chi connectivity index (χ2n) is 15.5. The van der Waals surface area contributed by atoms with E-state index in [2.05, 4.69) is 154 Å². The lowest BCUT2D eigenvalue weighted by Gasteiger charge is -2.27. The molecule has 1 aliphatic carbocycles. The van der Waals surface area contributed by atoms with E-state index in [1.54, 1.807) is 0 Å². The highest BCUT2D eigenvalue weighted by Crippen LogP contribution is 2.54. The third kappa shape index (κ3) is 3.84. The molecule has 0 saturated carbocycles. The summed E-state index contributed by atoms with van der Waals surface area (Å²) in [5.41, 5.74) is 23.5. The van der Waals surface area contributed by atoms with Gasteiger partial charge < -0.3 is 4.42 Å². The molecule has 0 unspecified atom stereocenters. The molecule has 0 fully saturated rings. The molecule has 0 radical (unpaired) electrons. The first-order valence-electron chi connectivity index (χ1n) is 18.0. The van der Waals surface area contributed by atoms with E-state index in [1.807, 2.05) is 0 Å². The molecular formula is C49H44O. The number of para-hydroxylation sites is 1. The fraction of sp³-hybridized carbons (Fsp3) is 0.224. The van der Waals surface area contributed by atoms with Gasteiger partial charge in [-0.3, -0.25) is 0 Å². The molecule has 7 aromatic carbocycles. The highest BCUT2D eigenvalue weighted by atomic mass is 16.3. The second kappa shape index (κ2) is 10.4. The van der Waals surface area contributed by atoms with Crippen molar-refractivity contribution >= 4 is 43.5 Å². The maximum absolute atomic E-state index is 6.51. The molecule has 1 heteroatoms. The van der Waals surface area contributed by atoms with Gasteiger partial charge in [-0.05, 0) is 184 Å². The minimum Gasteiger partial charge on any atom is -0.456 e. The van der Waals surface area contributed by atoms with Crippen LogP contribution in [0.25, 0.3) is 76.9 Å². The summed E-state index contributed by atoms with van der Waals surface area (Å²) in [5.74, 6) is 0. The summed E-state index contributed by atoms with van der Waals surface area (Å²) in [6, 6.07) is 31.5. The zero-order chi connectivity index (χ0) is 35.0. The number of hydrogen-bond donors (Lipinski definition) is 0. The lowest BCUT2D eigenvalue weighted by Crippen LogP contribution is -2.14. The van der Waals surface area contributed by atoms with E-state index in [0.717, 1.165) is 11.2 Å². The smallest absolute Gasteiger partial charge is 0.136 e. The summed E-state index contributed by atoms with van der Waals surface area (Å²) in [7, 11) is 0. The van der Waals surface area contributed by atoms with Gasteiger partial charge in [0.1, 0.15) is 11.2 Å². The van der Waals surface area contributed by atoms with Crippen molar-refractivity contribution in [1.29, 1.82) is 0 Å². The van der Waals surface area contributed by atoms with Crippen molar-refractivity contribution in [2.45, 2.75) is 74.7 Å². The highest BCUT2D eigenvalue weighted by Gasteiger charge is 2.36. The minimum absolute atomic E-state index is 0.0368. The Morgan fingerprint density at radius 2 is 0.900 bits per heavy atom. The zero-order valence-corrected chi connectivity index (χ0v) is 31.0. The van der Waals surface area contributed by atoms with E-state index in [4.69, 9.17) is 4.42 Å². The van der Waals surface area contributed by atoms with Crippen LogP contribution in [0.2, 0.25) is 0 Å². The molecule has 0 saturated heterocycles. The first kappa shape index (κ1) is 30.9. The molecule has 0 aliphatic heterocycles. The molecule has 1 heterocycles. The Balaban J connectivity index is 1.55. The van der Waals surface area contributed by atoms with E-state index >= 15 is 0 Å². The Labute approximate surface area is 295 Å². The van der Waals surface area contributed by atoms with Crippen LogP contribution in [0.4, 0.5) is 0 Å². The summed E-state index contributed by atoms with van der Waals surface area (Å²) < 4.78 is 6.51. The van der Waals surface area contributed by atoms with Gasteiger partial charge in [0.05, 0.1) is 0 Å². The molecule has 0 amide bonds. The Kier molecular flexibility index (Phi) is 6.45.